The maximum absolute atomic E-state index is 16.2. The second-order valence-electron chi connectivity index (χ2n) is 18.7. The van der Waals surface area contributed by atoms with Crippen molar-refractivity contribution in [2.45, 2.75) is 123 Å². The van der Waals surface area contributed by atoms with E-state index in [4.69, 9.17) is 28.3 Å². The van der Waals surface area contributed by atoms with Crippen LogP contribution in [0, 0.1) is 28.9 Å². The van der Waals surface area contributed by atoms with E-state index >= 15 is 8.78 Å². The van der Waals surface area contributed by atoms with Crippen LogP contribution in [0.4, 0.5) is 13.6 Å². The summed E-state index contributed by atoms with van der Waals surface area (Å²) in [6.07, 6.45) is 0.724. The highest BCUT2D eigenvalue weighted by Gasteiger charge is 2.68. The number of ether oxygens (including phenoxy) is 4. The fourth-order valence-electron chi connectivity index (χ4n) is 8.59. The lowest BCUT2D eigenvalue weighted by Crippen LogP contribution is -2.65. The number of hydrogen-bond donors (Lipinski definition) is 3. The standard InChI is InChI=1S/C43H55BF2N4O11S/c1-40(2,3)58-38(52)33-28(45)17-16-25(36(33)56-10)18-32(44-60-31-20-26-19-30(42(26,7)8)43(31,9)61-44)48-37(51)35(49-62(54,55)50-39(53)59-41(4,5)6)34-29(46)21-27(22-47-34)57-23-24-14-12-11-13-15-24/h11-17,21-22,26,30-32,35,49H,18-20,23H2,1-10H3,(H,48,51)(H,50,53)/t26-,30-,31+,32?,35?,43-/m0/s1. The SMILES string of the molecule is COc1c(CC(NC(=O)C(NS(=O)(=O)NC(=O)OC(C)(C)C)c2ncc(OCc3ccccc3)cc2F)B2O[C@@H]3C[C@@H]4C[C@@H](C4(C)C)[C@]3(C)O2)ccc(F)c1C(=O)OC(C)(C)C. The molecule has 1 saturated heterocycles. The Hall–Kier alpha value is -4.85. The van der Waals surface area contributed by atoms with Gasteiger partial charge in [0.1, 0.15) is 52.4 Å². The normalized spacial score (nSPS) is 22.6. The van der Waals surface area contributed by atoms with Crippen LogP contribution in [0.2, 0.25) is 0 Å². The highest BCUT2D eigenvalue weighted by Crippen LogP contribution is 2.65. The van der Waals surface area contributed by atoms with Gasteiger partial charge in [0.05, 0.1) is 31.0 Å². The van der Waals surface area contributed by atoms with Crippen molar-refractivity contribution in [2.24, 2.45) is 17.3 Å². The number of halogens is 2. The maximum atomic E-state index is 16.2. The van der Waals surface area contributed by atoms with Gasteiger partial charge in [-0.3, -0.25) is 9.78 Å². The van der Waals surface area contributed by atoms with Crippen LogP contribution in [0.5, 0.6) is 11.5 Å². The Kier molecular flexibility index (Phi) is 13.1. The van der Waals surface area contributed by atoms with E-state index in [0.29, 0.717) is 12.3 Å². The summed E-state index contributed by atoms with van der Waals surface area (Å²) >= 11 is 0. The van der Waals surface area contributed by atoms with Crippen LogP contribution in [0.3, 0.4) is 0 Å². The molecule has 336 valence electrons. The van der Waals surface area contributed by atoms with E-state index in [-0.39, 0.29) is 47.5 Å². The van der Waals surface area contributed by atoms with Gasteiger partial charge in [-0.15, -0.1) is 0 Å². The van der Waals surface area contributed by atoms with E-state index in [2.05, 4.69) is 24.1 Å². The summed E-state index contributed by atoms with van der Waals surface area (Å²) < 4.78 is 97.6. The van der Waals surface area contributed by atoms with E-state index in [0.717, 1.165) is 30.3 Å². The highest BCUT2D eigenvalue weighted by molar-refractivity contribution is 7.88. The Labute approximate surface area is 361 Å². The first kappa shape index (κ1) is 46.7. The zero-order valence-electron chi connectivity index (χ0n) is 36.6. The number of rotatable bonds is 14. The van der Waals surface area contributed by atoms with Crippen molar-refractivity contribution < 1.29 is 59.8 Å². The summed E-state index contributed by atoms with van der Waals surface area (Å²) in [6, 6.07) is 10.3. The monoisotopic (exact) mass is 884 g/mol. The first-order chi connectivity index (χ1) is 28.8. The van der Waals surface area contributed by atoms with Crippen molar-refractivity contribution in [1.82, 2.24) is 19.7 Å². The summed E-state index contributed by atoms with van der Waals surface area (Å²) in [6.45, 7) is 15.8. The molecule has 62 heavy (non-hydrogen) atoms. The number of carbonyl (C=O) groups excluding carboxylic acids is 3. The quantitative estimate of drug-likeness (QED) is 0.121. The Morgan fingerprint density at radius 2 is 1.65 bits per heavy atom. The predicted molar refractivity (Wildman–Crippen MR) is 223 cm³/mol. The largest absolute Gasteiger partial charge is 0.495 e. The first-order valence-corrected chi connectivity index (χ1v) is 21.9. The average molecular weight is 885 g/mol. The third-order valence-corrected chi connectivity index (χ3v) is 12.6. The fourth-order valence-corrected chi connectivity index (χ4v) is 9.44. The van der Waals surface area contributed by atoms with Crippen LogP contribution in [0.1, 0.15) is 108 Å². The van der Waals surface area contributed by atoms with Crippen molar-refractivity contribution >= 4 is 35.3 Å². The Bertz CT molecular complexity index is 2290. The fraction of sp³-hybridized carbons (Fsp3) is 0.535. The summed E-state index contributed by atoms with van der Waals surface area (Å²) in [4.78, 5) is 44.7. The molecule has 7 rings (SSSR count). The van der Waals surface area contributed by atoms with Crippen molar-refractivity contribution in [3.8, 4) is 11.5 Å². The van der Waals surface area contributed by atoms with Gasteiger partial charge in [0.2, 0.25) is 5.91 Å². The number of benzene rings is 2. The number of nitrogens with zero attached hydrogens (tertiary/aromatic N) is 1. The van der Waals surface area contributed by atoms with Gasteiger partial charge in [0.15, 0.2) is 5.82 Å². The van der Waals surface area contributed by atoms with E-state index < -0.39 is 87.0 Å². The number of hydrogen-bond acceptors (Lipinski definition) is 12. The van der Waals surface area contributed by atoms with Crippen LogP contribution < -0.4 is 24.2 Å². The third-order valence-electron chi connectivity index (χ3n) is 11.6. The number of aromatic nitrogens is 1. The minimum absolute atomic E-state index is 0.0176. The first-order valence-electron chi connectivity index (χ1n) is 20.4. The van der Waals surface area contributed by atoms with Gasteiger partial charge in [-0.1, -0.05) is 50.2 Å². The Morgan fingerprint density at radius 1 is 0.968 bits per heavy atom. The van der Waals surface area contributed by atoms with E-state index in [9.17, 15) is 22.8 Å². The zero-order chi connectivity index (χ0) is 45.6. The van der Waals surface area contributed by atoms with Gasteiger partial charge in [-0.05, 0) is 102 Å². The highest BCUT2D eigenvalue weighted by atomic mass is 32.2. The van der Waals surface area contributed by atoms with E-state index in [1.807, 2.05) is 17.7 Å². The summed E-state index contributed by atoms with van der Waals surface area (Å²) in [7, 11) is -4.91. The van der Waals surface area contributed by atoms with Crippen LogP contribution in [-0.4, -0.2) is 74.4 Å². The van der Waals surface area contributed by atoms with Gasteiger partial charge in [0.25, 0.3) is 0 Å². The topological polar surface area (TPSA) is 190 Å². The molecular weight excluding hydrogens is 829 g/mol. The molecular formula is C43H55BF2N4O11S. The molecule has 6 atom stereocenters. The number of amides is 2. The minimum atomic E-state index is -4.97. The molecule has 2 bridgehead atoms. The van der Waals surface area contributed by atoms with Crippen molar-refractivity contribution in [1.29, 1.82) is 0 Å². The molecule has 2 amide bonds. The van der Waals surface area contributed by atoms with Gasteiger partial charge in [0, 0.05) is 6.07 Å². The molecule has 4 aliphatic rings. The van der Waals surface area contributed by atoms with Gasteiger partial charge in [-0.2, -0.15) is 13.1 Å². The molecule has 2 unspecified atom stereocenters. The number of methoxy groups -OCH3 is 1. The average Bonchev–Trinajstić information content (AvgIpc) is 3.52. The molecule has 19 heteroatoms. The molecule has 2 aromatic carbocycles. The van der Waals surface area contributed by atoms with Crippen LogP contribution in [0.15, 0.2) is 54.7 Å². The maximum Gasteiger partial charge on any atom is 0.482 e. The van der Waals surface area contributed by atoms with Gasteiger partial charge >= 0.3 is 29.4 Å². The molecule has 3 saturated carbocycles. The zero-order valence-corrected chi connectivity index (χ0v) is 37.4. The minimum Gasteiger partial charge on any atom is -0.495 e. The Balaban J connectivity index is 1.37. The lowest BCUT2D eigenvalue weighted by molar-refractivity contribution is -0.199. The van der Waals surface area contributed by atoms with Gasteiger partial charge in [-0.25, -0.2) is 23.1 Å². The predicted octanol–water partition coefficient (Wildman–Crippen LogP) is 6.30. The summed E-state index contributed by atoms with van der Waals surface area (Å²) in [5.41, 5.74) is -3.08. The molecule has 1 aliphatic heterocycles. The molecule has 3 aliphatic carbocycles. The molecule has 3 aromatic rings. The number of nitrogens with one attached hydrogen (secondary N) is 3. The van der Waals surface area contributed by atoms with Crippen LogP contribution in [0.25, 0.3) is 0 Å². The third kappa shape index (κ3) is 10.3. The number of esters is 1. The molecule has 0 radical (unpaired) electrons. The number of pyridine rings is 1. The van der Waals surface area contributed by atoms with Crippen molar-refractivity contribution in [2.75, 3.05) is 7.11 Å². The molecule has 2 heterocycles. The summed E-state index contributed by atoms with van der Waals surface area (Å²) in [5, 5.41) is 2.77. The molecule has 0 spiro atoms. The lowest BCUT2D eigenvalue weighted by atomic mass is 9.43. The van der Waals surface area contributed by atoms with Crippen LogP contribution in [-0.2, 0) is 46.8 Å². The molecule has 3 N–H and O–H groups in total. The van der Waals surface area contributed by atoms with Crippen molar-refractivity contribution in [3.63, 3.8) is 0 Å². The van der Waals surface area contributed by atoms with E-state index in [1.54, 1.807) is 49.8 Å². The smallest absolute Gasteiger partial charge is 0.482 e. The Morgan fingerprint density at radius 3 is 2.26 bits per heavy atom. The lowest BCUT2D eigenvalue weighted by Gasteiger charge is -2.64. The molecule has 4 fully saturated rings. The second-order valence-corrected chi connectivity index (χ2v) is 20.2. The van der Waals surface area contributed by atoms with Gasteiger partial charge < -0.3 is 33.6 Å². The van der Waals surface area contributed by atoms with E-state index in [1.165, 1.54) is 33.9 Å². The number of carbonyl (C=O) groups is 3. The van der Waals surface area contributed by atoms with Crippen LogP contribution >= 0.6 is 0 Å². The molecule has 15 nitrogen and oxygen atoms in total. The van der Waals surface area contributed by atoms with Crippen molar-refractivity contribution in [3.05, 3.63) is 88.7 Å². The molecule has 1 aromatic heterocycles. The summed E-state index contributed by atoms with van der Waals surface area (Å²) in [5.74, 6) is -5.12. The second kappa shape index (κ2) is 17.4.